The summed E-state index contributed by atoms with van der Waals surface area (Å²) in [5, 5.41) is 11.3. The second kappa shape index (κ2) is 4.53. The molecule has 2 N–H and O–H groups in total. The Morgan fingerprint density at radius 3 is 2.47 bits per heavy atom. The molecule has 0 spiro atoms. The summed E-state index contributed by atoms with van der Waals surface area (Å²) in [6.07, 6.45) is 0. The molecule has 0 aliphatic heterocycles. The first-order valence-electron chi connectivity index (χ1n) is 5.06. The molecule has 0 saturated carbocycles. The Kier molecular flexibility index (Phi) is 3.50. The molecule has 0 saturated heterocycles. The molecule has 1 aromatic rings. The number of rotatable bonds is 3. The SMILES string of the molecule is Cc1ccc(F)cc1NC(=O)C(C)(C)C(=O)O. The van der Waals surface area contributed by atoms with E-state index >= 15 is 0 Å². The largest absolute Gasteiger partial charge is 0.480 e. The third kappa shape index (κ3) is 2.81. The molecular weight excluding hydrogens is 225 g/mol. The van der Waals surface area contributed by atoms with E-state index in [-0.39, 0.29) is 5.69 Å². The van der Waals surface area contributed by atoms with Crippen molar-refractivity contribution in [3.8, 4) is 0 Å². The maximum atomic E-state index is 13.0. The lowest BCUT2D eigenvalue weighted by atomic mass is 9.92. The molecular formula is C12H14FNO3. The van der Waals surface area contributed by atoms with Crippen molar-refractivity contribution in [2.24, 2.45) is 5.41 Å². The molecule has 5 heteroatoms. The second-order valence-electron chi connectivity index (χ2n) is 4.34. The average Bonchev–Trinajstić information content (AvgIpc) is 2.23. The number of nitrogens with one attached hydrogen (secondary N) is 1. The highest BCUT2D eigenvalue weighted by Crippen LogP contribution is 2.21. The van der Waals surface area contributed by atoms with Gasteiger partial charge in [-0.1, -0.05) is 6.07 Å². The molecule has 0 radical (unpaired) electrons. The van der Waals surface area contributed by atoms with Gasteiger partial charge in [0.25, 0.3) is 0 Å². The Labute approximate surface area is 98.5 Å². The molecule has 0 atom stereocenters. The monoisotopic (exact) mass is 239 g/mol. The van der Waals surface area contributed by atoms with E-state index < -0.39 is 23.1 Å². The molecule has 92 valence electrons. The fourth-order valence-electron chi connectivity index (χ4n) is 1.10. The van der Waals surface area contributed by atoms with Crippen LogP contribution in [0.15, 0.2) is 18.2 Å². The Morgan fingerprint density at radius 1 is 1.35 bits per heavy atom. The number of amides is 1. The van der Waals surface area contributed by atoms with Gasteiger partial charge in [0, 0.05) is 5.69 Å². The van der Waals surface area contributed by atoms with Crippen LogP contribution in [0.1, 0.15) is 19.4 Å². The number of aryl methyl sites for hydroxylation is 1. The van der Waals surface area contributed by atoms with E-state index in [1.54, 1.807) is 6.92 Å². The van der Waals surface area contributed by atoms with Gasteiger partial charge >= 0.3 is 5.97 Å². The van der Waals surface area contributed by atoms with Gasteiger partial charge in [-0.25, -0.2) is 4.39 Å². The van der Waals surface area contributed by atoms with Crippen LogP contribution in [-0.4, -0.2) is 17.0 Å². The van der Waals surface area contributed by atoms with Crippen LogP contribution < -0.4 is 5.32 Å². The normalized spacial score (nSPS) is 11.1. The fraction of sp³-hybridized carbons (Fsp3) is 0.333. The topological polar surface area (TPSA) is 66.4 Å². The van der Waals surface area contributed by atoms with Crippen molar-refractivity contribution in [1.29, 1.82) is 0 Å². The Morgan fingerprint density at radius 2 is 1.94 bits per heavy atom. The van der Waals surface area contributed by atoms with E-state index in [4.69, 9.17) is 5.11 Å². The lowest BCUT2D eigenvalue weighted by molar-refractivity contribution is -0.151. The number of halogens is 1. The van der Waals surface area contributed by atoms with Crippen molar-refractivity contribution >= 4 is 17.6 Å². The van der Waals surface area contributed by atoms with Gasteiger partial charge in [0.1, 0.15) is 11.2 Å². The second-order valence-corrected chi connectivity index (χ2v) is 4.34. The van der Waals surface area contributed by atoms with Crippen molar-refractivity contribution in [2.45, 2.75) is 20.8 Å². The average molecular weight is 239 g/mol. The van der Waals surface area contributed by atoms with Gasteiger partial charge in [-0.2, -0.15) is 0 Å². The molecule has 0 aliphatic carbocycles. The smallest absolute Gasteiger partial charge is 0.318 e. The Balaban J connectivity index is 2.96. The van der Waals surface area contributed by atoms with E-state index in [2.05, 4.69) is 5.32 Å². The molecule has 1 amide bonds. The standard InChI is InChI=1S/C12H14FNO3/c1-7-4-5-8(13)6-9(7)14-10(15)12(2,3)11(16)17/h4-6H,1-3H3,(H,14,15)(H,16,17). The first kappa shape index (κ1) is 13.2. The molecule has 0 unspecified atom stereocenters. The summed E-state index contributed by atoms with van der Waals surface area (Å²) in [5.41, 5.74) is -0.607. The number of carbonyl (C=O) groups is 2. The Hall–Kier alpha value is -1.91. The van der Waals surface area contributed by atoms with Crippen molar-refractivity contribution in [2.75, 3.05) is 5.32 Å². The summed E-state index contributed by atoms with van der Waals surface area (Å²) in [5.74, 6) is -2.40. The zero-order valence-corrected chi connectivity index (χ0v) is 9.87. The number of anilines is 1. The van der Waals surface area contributed by atoms with Crippen molar-refractivity contribution < 1.29 is 19.1 Å². The van der Waals surface area contributed by atoms with E-state index in [1.807, 2.05) is 0 Å². The van der Waals surface area contributed by atoms with E-state index in [0.717, 1.165) is 6.07 Å². The van der Waals surface area contributed by atoms with E-state index in [1.165, 1.54) is 26.0 Å². The van der Waals surface area contributed by atoms with Gasteiger partial charge in [-0.15, -0.1) is 0 Å². The Bertz CT molecular complexity index is 469. The molecule has 0 fully saturated rings. The summed E-state index contributed by atoms with van der Waals surface area (Å²) >= 11 is 0. The zero-order chi connectivity index (χ0) is 13.2. The van der Waals surface area contributed by atoms with Crippen molar-refractivity contribution in [3.63, 3.8) is 0 Å². The summed E-state index contributed by atoms with van der Waals surface area (Å²) < 4.78 is 13.0. The molecule has 4 nitrogen and oxygen atoms in total. The quantitative estimate of drug-likeness (QED) is 0.794. The van der Waals surface area contributed by atoms with Gasteiger partial charge in [0.2, 0.25) is 5.91 Å². The predicted octanol–water partition coefficient (Wildman–Crippen LogP) is 2.18. The van der Waals surface area contributed by atoms with Crippen LogP contribution in [0.4, 0.5) is 10.1 Å². The van der Waals surface area contributed by atoms with Gasteiger partial charge < -0.3 is 10.4 Å². The van der Waals surface area contributed by atoms with Crippen molar-refractivity contribution in [3.05, 3.63) is 29.6 Å². The van der Waals surface area contributed by atoms with E-state index in [0.29, 0.717) is 5.56 Å². The summed E-state index contributed by atoms with van der Waals surface area (Å²) in [4.78, 5) is 22.6. The van der Waals surface area contributed by atoms with Crippen LogP contribution in [0, 0.1) is 18.2 Å². The highest BCUT2D eigenvalue weighted by molar-refractivity contribution is 6.07. The van der Waals surface area contributed by atoms with Gasteiger partial charge in [-0.05, 0) is 38.5 Å². The molecule has 0 bridgehead atoms. The molecule has 1 aromatic carbocycles. The van der Waals surface area contributed by atoms with Crippen LogP contribution in [0.5, 0.6) is 0 Å². The number of benzene rings is 1. The minimum atomic E-state index is -1.56. The first-order valence-corrected chi connectivity index (χ1v) is 5.06. The minimum absolute atomic E-state index is 0.282. The number of carboxylic acid groups (broad SMARTS) is 1. The summed E-state index contributed by atoms with van der Waals surface area (Å²) in [7, 11) is 0. The van der Waals surface area contributed by atoms with Crippen LogP contribution in [0.25, 0.3) is 0 Å². The molecule has 0 heterocycles. The number of aliphatic carboxylic acids is 1. The predicted molar refractivity (Wildman–Crippen MR) is 61.2 cm³/mol. The lowest BCUT2D eigenvalue weighted by Gasteiger charge is -2.19. The van der Waals surface area contributed by atoms with Gasteiger partial charge in [0.15, 0.2) is 0 Å². The lowest BCUT2D eigenvalue weighted by Crippen LogP contribution is -2.38. The molecule has 1 rings (SSSR count). The van der Waals surface area contributed by atoms with Gasteiger partial charge in [0.05, 0.1) is 0 Å². The highest BCUT2D eigenvalue weighted by atomic mass is 19.1. The van der Waals surface area contributed by atoms with Gasteiger partial charge in [-0.3, -0.25) is 9.59 Å². The zero-order valence-electron chi connectivity index (χ0n) is 9.87. The summed E-state index contributed by atoms with van der Waals surface area (Å²) in [6, 6.07) is 3.94. The third-order valence-electron chi connectivity index (χ3n) is 2.55. The molecule has 0 aliphatic rings. The highest BCUT2D eigenvalue weighted by Gasteiger charge is 2.36. The van der Waals surface area contributed by atoms with E-state index in [9.17, 15) is 14.0 Å². The third-order valence-corrected chi connectivity index (χ3v) is 2.55. The maximum absolute atomic E-state index is 13.0. The summed E-state index contributed by atoms with van der Waals surface area (Å²) in [6.45, 7) is 4.28. The fourth-order valence-corrected chi connectivity index (χ4v) is 1.10. The maximum Gasteiger partial charge on any atom is 0.318 e. The number of hydrogen-bond acceptors (Lipinski definition) is 2. The minimum Gasteiger partial charge on any atom is -0.480 e. The first-order chi connectivity index (χ1) is 7.75. The van der Waals surface area contributed by atoms with Crippen LogP contribution in [-0.2, 0) is 9.59 Å². The number of carbonyl (C=O) groups excluding carboxylic acids is 1. The van der Waals surface area contributed by atoms with Crippen LogP contribution in [0.3, 0.4) is 0 Å². The van der Waals surface area contributed by atoms with Crippen LogP contribution in [0.2, 0.25) is 0 Å². The molecule has 17 heavy (non-hydrogen) atoms. The number of hydrogen-bond donors (Lipinski definition) is 2. The molecule has 0 aromatic heterocycles. The number of carboxylic acids is 1. The van der Waals surface area contributed by atoms with Crippen molar-refractivity contribution in [1.82, 2.24) is 0 Å². The van der Waals surface area contributed by atoms with Crippen LogP contribution >= 0.6 is 0 Å².